The highest BCUT2D eigenvalue weighted by molar-refractivity contribution is 5.66. The number of nitrogens with zero attached hydrogens (tertiary/aromatic N) is 6. The lowest BCUT2D eigenvalue weighted by Gasteiger charge is -2.65. The molecule has 0 unspecified atom stereocenters. The molecule has 0 bridgehead atoms. The number of carbonyl (C=O) groups is 1. The van der Waals surface area contributed by atoms with Crippen LogP contribution in [0.4, 0.5) is 0 Å². The molecule has 2 aromatic heterocycles. The van der Waals surface area contributed by atoms with E-state index in [1.807, 2.05) is 0 Å². The summed E-state index contributed by atoms with van der Waals surface area (Å²) in [4.78, 5) is 12.5. The zero-order chi connectivity index (χ0) is 51.9. The molecule has 8 aliphatic rings. The van der Waals surface area contributed by atoms with Crippen molar-refractivity contribution in [3.63, 3.8) is 0 Å². The smallest absolute Gasteiger partial charge is 0.302 e. The van der Waals surface area contributed by atoms with Gasteiger partial charge in [-0.1, -0.05) is 124 Å². The Morgan fingerprint density at radius 1 is 0.603 bits per heavy atom. The fraction of sp³-hybridized carbons (Fsp3) is 0.951. The number of aromatic nitrogens is 8. The average molecular weight is 1010 g/mol. The van der Waals surface area contributed by atoms with Crippen molar-refractivity contribution in [3.8, 4) is 0 Å². The van der Waals surface area contributed by atoms with Crippen LogP contribution >= 0.6 is 0 Å². The molecule has 0 aromatic carbocycles. The predicted molar refractivity (Wildman–Crippen MR) is 287 cm³/mol. The third kappa shape index (κ3) is 10.5. The number of aromatic amines is 2. The standard InChI is InChI=1S/C32H54N4O2.C29H50N4O2/c1-7-23-27-19-20(2)15-17-32(27,6)26-16-18-31(5)24(13-14-25(31)29(26)30(23)38-22(4)37)21(3)11-9-8-10-12-28-33-35-36-34-28;1-5-20-24-17-19(34)13-15-29(24,4)23-14-16-28(3)21(11-12-22(28)26(23)27(20)35)18(2)9-7-6-8-10-25-30-32-33-31-25/h20-21,23-27,29-30H,7-19H2,1-6H3,(H,33,34,35,36);18-24,26-27,34-35H,5-17H2,1-4H3,(H,30,31,32,33)/t20-,21-,23-,24-,25+,26+,27+,29+,30-,31-,32-;18-,19-,20-,21-,22+,23+,24+,26+,27-,28-,29-/m11/s1. The maximum absolute atomic E-state index is 12.5. The Morgan fingerprint density at radius 2 is 1.08 bits per heavy atom. The Labute approximate surface area is 441 Å². The topological polar surface area (TPSA) is 176 Å². The number of aryl methyl sites for hydroxylation is 2. The summed E-state index contributed by atoms with van der Waals surface area (Å²) in [5, 5.41) is 51.1. The minimum atomic E-state index is -0.183. The number of hydrogen-bond acceptors (Lipinski definition) is 10. The molecule has 0 spiro atoms. The van der Waals surface area contributed by atoms with Crippen LogP contribution in [0.5, 0.6) is 0 Å². The van der Waals surface area contributed by atoms with Crippen molar-refractivity contribution < 1.29 is 19.7 Å². The van der Waals surface area contributed by atoms with Crippen LogP contribution in [0.15, 0.2) is 0 Å². The zero-order valence-electron chi connectivity index (χ0n) is 47.7. The summed E-state index contributed by atoms with van der Waals surface area (Å²) < 4.78 is 6.41. The Hall–Kier alpha value is -2.47. The summed E-state index contributed by atoms with van der Waals surface area (Å²) in [6, 6.07) is 0. The van der Waals surface area contributed by atoms with Crippen LogP contribution in [0.2, 0.25) is 0 Å². The first kappa shape index (κ1) is 55.3. The monoisotopic (exact) mass is 1010 g/mol. The summed E-state index contributed by atoms with van der Waals surface area (Å²) in [6.07, 6.45) is 31.5. The van der Waals surface area contributed by atoms with Gasteiger partial charge in [-0.25, -0.2) is 0 Å². The third-order valence-corrected chi connectivity index (χ3v) is 24.8. The van der Waals surface area contributed by atoms with Gasteiger partial charge in [0, 0.05) is 25.7 Å². The number of unbranched alkanes of at least 4 members (excludes halogenated alkanes) is 4. The van der Waals surface area contributed by atoms with Gasteiger partial charge in [0.1, 0.15) is 6.10 Å². The molecule has 12 heteroatoms. The van der Waals surface area contributed by atoms with Crippen LogP contribution in [-0.2, 0) is 22.4 Å². The average Bonchev–Trinajstić information content (AvgIpc) is 4.20. The quantitative estimate of drug-likeness (QED) is 0.0881. The molecule has 412 valence electrons. The van der Waals surface area contributed by atoms with E-state index in [0.29, 0.717) is 80.8 Å². The summed E-state index contributed by atoms with van der Waals surface area (Å²) in [6.45, 7) is 24.2. The Morgan fingerprint density at radius 3 is 1.59 bits per heavy atom. The third-order valence-electron chi connectivity index (χ3n) is 24.8. The fourth-order valence-electron chi connectivity index (χ4n) is 21.2. The van der Waals surface area contributed by atoms with Crippen molar-refractivity contribution in [1.82, 2.24) is 41.2 Å². The molecule has 0 saturated heterocycles. The van der Waals surface area contributed by atoms with Crippen molar-refractivity contribution in [2.75, 3.05) is 0 Å². The SMILES string of the molecule is CC[C@H]1[C@@H](O)[C@@H]2[C@H](CC[C@]3(C)[C@@H]([C@H](C)CCCCCc4nn[nH]n4)CC[C@@H]23)[C@@]2(C)CC[C@@H](O)C[C@@H]12.CC[C@H]1[C@@H](OC(C)=O)[C@@H]2[C@H](CC[C@]3(C)[C@@H]([C@H](C)CCCCCc4nn[nH]n4)CC[C@@H]23)[C@@]2(C)CC[C@@H](C)C[C@@H]12. The number of aliphatic hydroxyl groups excluding tert-OH is 2. The van der Waals surface area contributed by atoms with E-state index in [4.69, 9.17) is 4.74 Å². The van der Waals surface area contributed by atoms with E-state index in [1.165, 1.54) is 109 Å². The van der Waals surface area contributed by atoms with Gasteiger partial charge in [-0.15, -0.1) is 20.4 Å². The highest BCUT2D eigenvalue weighted by Crippen LogP contribution is 2.72. The first-order valence-electron chi connectivity index (χ1n) is 31.0. The van der Waals surface area contributed by atoms with E-state index >= 15 is 0 Å². The van der Waals surface area contributed by atoms with E-state index in [9.17, 15) is 15.0 Å². The molecule has 8 fully saturated rings. The van der Waals surface area contributed by atoms with Gasteiger partial charge < -0.3 is 14.9 Å². The van der Waals surface area contributed by atoms with Gasteiger partial charge in [0.25, 0.3) is 0 Å². The molecular weight excluding hydrogens is 909 g/mol. The van der Waals surface area contributed by atoms with Gasteiger partial charge in [0.05, 0.1) is 12.2 Å². The molecule has 4 N–H and O–H groups in total. The van der Waals surface area contributed by atoms with Gasteiger partial charge in [-0.2, -0.15) is 10.4 Å². The molecule has 2 aromatic rings. The van der Waals surface area contributed by atoms with Crippen molar-refractivity contribution in [2.45, 2.75) is 254 Å². The van der Waals surface area contributed by atoms with E-state index in [1.54, 1.807) is 6.92 Å². The molecule has 2 heterocycles. The molecule has 0 aliphatic heterocycles. The van der Waals surface area contributed by atoms with Gasteiger partial charge >= 0.3 is 5.97 Å². The molecule has 10 rings (SSSR count). The fourth-order valence-corrected chi connectivity index (χ4v) is 21.2. The lowest BCUT2D eigenvalue weighted by Crippen LogP contribution is -2.62. The minimum Gasteiger partial charge on any atom is -0.462 e. The summed E-state index contributed by atoms with van der Waals surface area (Å²) in [7, 11) is 0. The van der Waals surface area contributed by atoms with Crippen molar-refractivity contribution in [2.24, 2.45) is 110 Å². The number of esters is 1. The molecule has 73 heavy (non-hydrogen) atoms. The summed E-state index contributed by atoms with van der Waals surface area (Å²) in [5.41, 5.74) is 1.47. The maximum atomic E-state index is 12.5. The molecule has 22 atom stereocenters. The van der Waals surface area contributed by atoms with Crippen LogP contribution in [0, 0.1) is 110 Å². The first-order chi connectivity index (χ1) is 35.0. The van der Waals surface area contributed by atoms with E-state index in [2.05, 4.69) is 104 Å². The van der Waals surface area contributed by atoms with Gasteiger partial charge in [-0.3, -0.25) is 4.79 Å². The summed E-state index contributed by atoms with van der Waals surface area (Å²) >= 11 is 0. The highest BCUT2D eigenvalue weighted by Gasteiger charge is 2.67. The van der Waals surface area contributed by atoms with Crippen LogP contribution in [0.1, 0.15) is 235 Å². The lowest BCUT2D eigenvalue weighted by molar-refractivity contribution is -0.213. The number of nitrogens with one attached hydrogen (secondary N) is 2. The number of H-pyrrole nitrogens is 2. The number of fused-ring (bicyclic) bond motifs is 10. The largest absolute Gasteiger partial charge is 0.462 e. The molecule has 8 aliphatic carbocycles. The van der Waals surface area contributed by atoms with Crippen molar-refractivity contribution in [1.29, 1.82) is 0 Å². The highest BCUT2D eigenvalue weighted by atomic mass is 16.5. The second kappa shape index (κ2) is 22.9. The van der Waals surface area contributed by atoms with Crippen LogP contribution < -0.4 is 0 Å². The number of hydrogen-bond donors (Lipinski definition) is 4. The van der Waals surface area contributed by atoms with Gasteiger partial charge in [-0.05, 0) is 207 Å². The number of carbonyl (C=O) groups excluding carboxylic acids is 1. The Balaban J connectivity index is 0.000000180. The summed E-state index contributed by atoms with van der Waals surface area (Å²) in [5.74, 6) is 11.3. The molecule has 0 radical (unpaired) electrons. The van der Waals surface area contributed by atoms with E-state index < -0.39 is 0 Å². The molecule has 0 amide bonds. The number of rotatable bonds is 17. The zero-order valence-corrected chi connectivity index (χ0v) is 47.7. The normalized spacial score (nSPS) is 44.5. The van der Waals surface area contributed by atoms with Crippen LogP contribution in [0.3, 0.4) is 0 Å². The first-order valence-corrected chi connectivity index (χ1v) is 31.0. The van der Waals surface area contributed by atoms with Crippen LogP contribution in [-0.4, -0.2) is 75.7 Å². The maximum Gasteiger partial charge on any atom is 0.302 e. The Kier molecular flexibility index (Phi) is 17.3. The molecule has 12 nitrogen and oxygen atoms in total. The molecular formula is C61H104N8O4. The lowest BCUT2D eigenvalue weighted by atomic mass is 9.41. The second-order valence-electron chi connectivity index (χ2n) is 28.1. The van der Waals surface area contributed by atoms with Gasteiger partial charge in [0.15, 0.2) is 11.6 Å². The predicted octanol–water partition coefficient (Wildman–Crippen LogP) is 13.0. The number of aliphatic hydroxyl groups is 2. The van der Waals surface area contributed by atoms with Crippen LogP contribution in [0.25, 0.3) is 0 Å². The van der Waals surface area contributed by atoms with Gasteiger partial charge in [0.2, 0.25) is 0 Å². The van der Waals surface area contributed by atoms with Crippen molar-refractivity contribution >= 4 is 5.97 Å². The van der Waals surface area contributed by atoms with E-state index in [0.717, 1.165) is 99.0 Å². The van der Waals surface area contributed by atoms with Crippen molar-refractivity contribution in [3.05, 3.63) is 11.6 Å². The second-order valence-corrected chi connectivity index (χ2v) is 28.1. The minimum absolute atomic E-state index is 0.0596. The molecule has 8 saturated carbocycles. The number of tetrazole rings is 2. The van der Waals surface area contributed by atoms with E-state index in [-0.39, 0.29) is 24.3 Å². The Bertz CT molecular complexity index is 2050. The number of ether oxygens (including phenoxy) is 1.